The van der Waals surface area contributed by atoms with Crippen LogP contribution in [0, 0.1) is 13.8 Å². The first-order valence-corrected chi connectivity index (χ1v) is 36.9. The number of fused-ring (bicyclic) bond motifs is 8. The van der Waals surface area contributed by atoms with Gasteiger partial charge in [-0.05, 0) is 201 Å². The van der Waals surface area contributed by atoms with Crippen molar-refractivity contribution in [2.75, 3.05) is 11.9 Å². The van der Waals surface area contributed by atoms with Crippen LogP contribution >= 0.6 is 0 Å². The number of hydrogen-bond acceptors (Lipinski definition) is 12. The fourth-order valence-corrected chi connectivity index (χ4v) is 14.6. The number of ether oxygens (including phenoxy) is 4. The highest BCUT2D eigenvalue weighted by Crippen LogP contribution is 2.46. The molecule has 16 nitrogen and oxygen atoms in total. The number of carbonyl (C=O) groups is 4. The van der Waals surface area contributed by atoms with Crippen LogP contribution in [-0.2, 0) is 31.8 Å². The van der Waals surface area contributed by atoms with Crippen molar-refractivity contribution in [1.29, 1.82) is 0 Å². The van der Waals surface area contributed by atoms with Crippen molar-refractivity contribution in [3.05, 3.63) is 272 Å². The Kier molecular flexibility index (Phi) is 22.3. The van der Waals surface area contributed by atoms with Crippen LogP contribution in [0.25, 0.3) is 77.7 Å². The van der Waals surface area contributed by atoms with E-state index < -0.39 is 60.7 Å². The predicted molar refractivity (Wildman–Crippen MR) is 416 cm³/mol. The molecule has 3 N–H and O–H groups in total. The van der Waals surface area contributed by atoms with Gasteiger partial charge >= 0.3 is 23.6 Å². The van der Waals surface area contributed by atoms with Crippen molar-refractivity contribution < 1.29 is 38.1 Å². The summed E-state index contributed by atoms with van der Waals surface area (Å²) < 4.78 is 26.5. The van der Waals surface area contributed by atoms with E-state index in [4.69, 9.17) is 28.9 Å². The molecule has 0 spiro atoms. The molecule has 7 heterocycles. The summed E-state index contributed by atoms with van der Waals surface area (Å²) in [5, 5.41) is 2.95. The molecule has 10 aromatic rings. The number of carbonyl (C=O) groups excluding carboxylic acids is 4. The minimum atomic E-state index is -1.57. The molecule has 0 radical (unpaired) electrons. The molecule has 1 fully saturated rings. The number of rotatable bonds is 25. The maximum atomic E-state index is 15.2. The van der Waals surface area contributed by atoms with Gasteiger partial charge in [0.15, 0.2) is 18.4 Å². The topological polar surface area (TPSA) is 209 Å². The molecule has 1 saturated heterocycles. The highest BCUT2D eigenvalue weighted by Gasteiger charge is 2.52. The summed E-state index contributed by atoms with van der Waals surface area (Å²) in [6.45, 7) is 17.4. The third-order valence-electron chi connectivity index (χ3n) is 20.4. The van der Waals surface area contributed by atoms with Crippen LogP contribution in [-0.4, -0.2) is 78.2 Å². The summed E-state index contributed by atoms with van der Waals surface area (Å²) in [5.74, 6) is -2.91. The van der Waals surface area contributed by atoms with Gasteiger partial charge < -0.3 is 34.2 Å². The molecular formula is C89H89N7O9. The average molecular weight is 1400 g/mol. The zero-order valence-electron chi connectivity index (χ0n) is 60.9. The summed E-state index contributed by atoms with van der Waals surface area (Å²) in [6, 6.07) is 56.7. The van der Waals surface area contributed by atoms with E-state index >= 15 is 4.79 Å². The van der Waals surface area contributed by atoms with Gasteiger partial charge in [0.05, 0.1) is 50.5 Å². The molecule has 105 heavy (non-hydrogen) atoms. The fourth-order valence-electron chi connectivity index (χ4n) is 14.6. The van der Waals surface area contributed by atoms with E-state index in [1.165, 1.54) is 39.6 Å². The number of H-pyrrole nitrogens is 2. The second kappa shape index (κ2) is 32.5. The number of allylic oxidation sites excluding steroid dienone is 4. The lowest BCUT2D eigenvalue weighted by Gasteiger charge is -2.25. The van der Waals surface area contributed by atoms with E-state index in [2.05, 4.69) is 118 Å². The Morgan fingerprint density at radius 3 is 1.36 bits per heavy atom. The van der Waals surface area contributed by atoms with Crippen molar-refractivity contribution in [2.24, 2.45) is 0 Å². The first-order valence-electron chi connectivity index (χ1n) is 36.9. The number of aryl methyl sites for hydroxylation is 4. The first kappa shape index (κ1) is 72.0. The molecular weight excluding hydrogens is 1310 g/mol. The molecule has 0 aliphatic carbocycles. The van der Waals surface area contributed by atoms with E-state index in [1.807, 2.05) is 24.3 Å². The molecule has 13 rings (SSSR count). The molecule has 534 valence electrons. The van der Waals surface area contributed by atoms with E-state index in [0.29, 0.717) is 11.1 Å². The van der Waals surface area contributed by atoms with Crippen LogP contribution in [0.2, 0.25) is 0 Å². The van der Waals surface area contributed by atoms with Crippen molar-refractivity contribution in [3.63, 3.8) is 0 Å². The Balaban J connectivity index is 1.03. The van der Waals surface area contributed by atoms with E-state index in [9.17, 15) is 19.2 Å². The number of anilines is 1. The average Bonchev–Trinajstić information content (AvgIpc) is 1.61. The van der Waals surface area contributed by atoms with Crippen LogP contribution in [0.1, 0.15) is 198 Å². The summed E-state index contributed by atoms with van der Waals surface area (Å²) in [4.78, 5) is 96.4. The van der Waals surface area contributed by atoms with E-state index in [0.717, 1.165) is 160 Å². The van der Waals surface area contributed by atoms with E-state index in [-0.39, 0.29) is 28.1 Å². The highest BCUT2D eigenvalue weighted by atomic mass is 16.7. The molecule has 1 amide bonds. The van der Waals surface area contributed by atoms with Crippen LogP contribution < -0.4 is 11.0 Å². The van der Waals surface area contributed by atoms with Crippen LogP contribution in [0.4, 0.5) is 5.82 Å². The number of aromatic nitrogens is 6. The van der Waals surface area contributed by atoms with Gasteiger partial charge in [0.2, 0.25) is 0 Å². The number of hydrogen-bond donors (Lipinski definition) is 3. The molecule has 8 bridgehead atoms. The third kappa shape index (κ3) is 15.2. The van der Waals surface area contributed by atoms with Crippen molar-refractivity contribution in [1.82, 2.24) is 29.5 Å². The lowest BCUT2D eigenvalue weighted by Crippen LogP contribution is -2.42. The largest absolute Gasteiger partial charge is 0.459 e. The third-order valence-corrected chi connectivity index (χ3v) is 20.4. The molecule has 3 aliphatic rings. The van der Waals surface area contributed by atoms with E-state index in [1.54, 1.807) is 121 Å². The van der Waals surface area contributed by atoms with Crippen LogP contribution in [0.5, 0.6) is 0 Å². The molecule has 0 saturated carbocycles. The van der Waals surface area contributed by atoms with Gasteiger partial charge in [-0.15, -0.1) is 0 Å². The summed E-state index contributed by atoms with van der Waals surface area (Å²) in [7, 11) is 0. The normalized spacial score (nSPS) is 15.6. The minimum absolute atomic E-state index is 0.0750. The number of amides is 1. The maximum Gasteiger partial charge on any atom is 0.351 e. The van der Waals surface area contributed by atoms with Gasteiger partial charge in [0.1, 0.15) is 18.5 Å². The summed E-state index contributed by atoms with van der Waals surface area (Å²) >= 11 is 0. The van der Waals surface area contributed by atoms with Gasteiger partial charge in [0, 0.05) is 39.5 Å². The van der Waals surface area contributed by atoms with Crippen molar-refractivity contribution in [2.45, 2.75) is 157 Å². The molecule has 6 aromatic carbocycles. The molecule has 4 atom stereocenters. The number of esters is 3. The summed E-state index contributed by atoms with van der Waals surface area (Å²) in [5.41, 5.74) is 21.8. The predicted octanol–water partition coefficient (Wildman–Crippen LogP) is 19.9. The first-order chi connectivity index (χ1) is 51.2. The Bertz CT molecular complexity index is 5180. The smallest absolute Gasteiger partial charge is 0.351 e. The zero-order valence-corrected chi connectivity index (χ0v) is 60.9. The maximum absolute atomic E-state index is 15.2. The second-order valence-electron chi connectivity index (χ2n) is 27.3. The van der Waals surface area contributed by atoms with Crippen LogP contribution in [0.15, 0.2) is 199 Å². The van der Waals surface area contributed by atoms with Gasteiger partial charge in [0.25, 0.3) is 5.91 Å². The number of aromatic amines is 2. The van der Waals surface area contributed by atoms with Gasteiger partial charge in [-0.1, -0.05) is 181 Å². The number of nitrogens with zero attached hydrogens (tertiary/aromatic N) is 4. The molecule has 4 aromatic heterocycles. The Hall–Kier alpha value is -11.4. The number of nitrogens with one attached hydrogen (secondary N) is 3. The minimum Gasteiger partial charge on any atom is -0.459 e. The monoisotopic (exact) mass is 1400 g/mol. The Labute approximate surface area is 612 Å². The van der Waals surface area contributed by atoms with Crippen molar-refractivity contribution in [3.8, 4) is 33.4 Å². The molecule has 0 unspecified atom stereocenters. The van der Waals surface area contributed by atoms with Gasteiger partial charge in [-0.25, -0.2) is 29.1 Å². The Morgan fingerprint density at radius 1 is 0.486 bits per heavy atom. The fraction of sp³-hybridized carbons (Fsp3) is 0.281. The number of unbranched alkanes of at least 4 members (excludes halogenated alkanes) is 4. The standard InChI is InChI=1S/C89H89N7O9/c1-9-13-42-65-54(5)77-75(59-32-22-17-23-33-59)78-55(6)66(43-14-10-2)71(91-78)51-73-68(45-16-12-4)57(8)80(93-73)76(79-56(7)67(44-15-11-3)72(92-79)50-70(65)90-77)60-48-46-58(47-49-60)69-52-96(89(101)95-83(69)94-84(97)61-34-24-18-25-35-61)85-82(105-88(100)64-40-30-21-31-41-64)81(104-87(99)63-38-28-20-29-39-63)74(103-85)53-102-86(98)62-36-26-19-27-37-62/h17-41,46-52,74,81-82,85,90,93H,9-16,42-45,53H2,1-8H3,(H,94,95,97,101)/t74-,81-,82-,85-/m1/s1. The lowest BCUT2D eigenvalue weighted by molar-refractivity contribution is -0.0638. The number of benzene rings is 6. The Morgan fingerprint density at radius 2 is 0.895 bits per heavy atom. The van der Waals surface area contributed by atoms with Crippen molar-refractivity contribution >= 4 is 74.0 Å². The molecule has 3 aliphatic heterocycles. The summed E-state index contributed by atoms with van der Waals surface area (Å²) in [6.07, 6.45) is 6.89. The zero-order chi connectivity index (χ0) is 73.3. The second-order valence-corrected chi connectivity index (χ2v) is 27.3. The highest BCUT2D eigenvalue weighted by molar-refractivity contribution is 6.07. The van der Waals surface area contributed by atoms with Crippen LogP contribution in [0.3, 0.4) is 0 Å². The SMILES string of the molecule is CCCCC1=C(C)c2nc1cc1[nH]c(c(C)c1CCCC)c(-c1ccccc1)c1nc(cc3[nH]c(c(C)c3CCCC)c2-c2ccc(-c3cn([C@@H]4O[C@H](COC(=O)c5ccccc5)[C@@H](OC(=O)c5ccccc5)[C@H]4OC(=O)c4ccccc4)c(=O)nc3NC(=O)c3ccccc3)cc2)C(CCCC)=C1C. The van der Waals surface area contributed by atoms with Gasteiger partial charge in [-0.3, -0.25) is 9.36 Å². The lowest BCUT2D eigenvalue weighted by atomic mass is 9.93. The quantitative estimate of drug-likeness (QED) is 0.0361. The van der Waals surface area contributed by atoms with Gasteiger partial charge in [-0.2, -0.15) is 4.98 Å². The molecule has 16 heteroatoms.